The number of amides is 1. The van der Waals surface area contributed by atoms with E-state index in [-0.39, 0.29) is 17.5 Å². The molecule has 4 rings (SSSR count). The lowest BCUT2D eigenvalue weighted by Gasteiger charge is -2.15. The van der Waals surface area contributed by atoms with Gasteiger partial charge in [-0.15, -0.1) is 0 Å². The van der Waals surface area contributed by atoms with Gasteiger partial charge in [0.05, 0.1) is 0 Å². The van der Waals surface area contributed by atoms with Crippen LogP contribution in [0, 0.1) is 0 Å². The lowest BCUT2D eigenvalue weighted by Crippen LogP contribution is -2.23. The smallest absolute Gasteiger partial charge is 0.363 e. The van der Waals surface area contributed by atoms with Crippen LogP contribution < -0.4 is 4.90 Å². The number of carbonyl (C=O) groups is 2. The second-order valence-corrected chi connectivity index (χ2v) is 6.52. The summed E-state index contributed by atoms with van der Waals surface area (Å²) in [6, 6.07) is 14.4. The molecule has 26 heavy (non-hydrogen) atoms. The standard InChI is InChI=1S/C20H15ClN2O3/c21-15-7-3-13(4-8-15)12-17-20(25)26-19(22-17)14-5-9-16(10-6-14)23-11-1-2-18(23)24/h3-10,12H,1-2,11H2/b17-12+. The van der Waals surface area contributed by atoms with Gasteiger partial charge in [0.2, 0.25) is 11.8 Å². The molecule has 6 heteroatoms. The Kier molecular flexibility index (Phi) is 4.31. The van der Waals surface area contributed by atoms with E-state index in [0.717, 1.165) is 24.2 Å². The van der Waals surface area contributed by atoms with Gasteiger partial charge < -0.3 is 9.64 Å². The molecule has 0 radical (unpaired) electrons. The summed E-state index contributed by atoms with van der Waals surface area (Å²) >= 11 is 5.86. The fourth-order valence-corrected chi connectivity index (χ4v) is 3.08. The van der Waals surface area contributed by atoms with E-state index in [1.54, 1.807) is 47.4 Å². The van der Waals surface area contributed by atoms with Crippen LogP contribution >= 0.6 is 11.6 Å². The van der Waals surface area contributed by atoms with Crippen molar-refractivity contribution in [1.29, 1.82) is 0 Å². The number of hydrogen-bond donors (Lipinski definition) is 0. The Balaban J connectivity index is 1.57. The molecule has 2 aliphatic heterocycles. The molecule has 0 bridgehead atoms. The number of nitrogens with zero attached hydrogens (tertiary/aromatic N) is 2. The quantitative estimate of drug-likeness (QED) is 0.613. The summed E-state index contributed by atoms with van der Waals surface area (Å²) in [5.41, 5.74) is 2.58. The van der Waals surface area contributed by atoms with Gasteiger partial charge in [0.25, 0.3) is 0 Å². The molecular weight excluding hydrogens is 352 g/mol. The van der Waals surface area contributed by atoms with Crippen LogP contribution in [-0.2, 0) is 14.3 Å². The number of cyclic esters (lactones) is 1. The Morgan fingerprint density at radius 2 is 1.77 bits per heavy atom. The van der Waals surface area contributed by atoms with E-state index in [9.17, 15) is 9.59 Å². The molecule has 2 aliphatic rings. The maximum Gasteiger partial charge on any atom is 0.363 e. The van der Waals surface area contributed by atoms with Crippen molar-refractivity contribution < 1.29 is 14.3 Å². The number of ether oxygens (including phenoxy) is 1. The average Bonchev–Trinajstić information content (AvgIpc) is 3.23. The lowest BCUT2D eigenvalue weighted by molar-refractivity contribution is -0.130. The molecule has 5 nitrogen and oxygen atoms in total. The van der Waals surface area contributed by atoms with Crippen LogP contribution in [0.15, 0.2) is 59.2 Å². The predicted molar refractivity (Wildman–Crippen MR) is 100 cm³/mol. The molecule has 0 unspecified atom stereocenters. The van der Waals surface area contributed by atoms with Gasteiger partial charge in [-0.25, -0.2) is 9.79 Å². The Hall–Kier alpha value is -2.92. The molecule has 0 atom stereocenters. The third-order valence-corrected chi connectivity index (χ3v) is 4.55. The molecule has 0 aromatic heterocycles. The Bertz CT molecular complexity index is 931. The largest absolute Gasteiger partial charge is 0.402 e. The summed E-state index contributed by atoms with van der Waals surface area (Å²) in [4.78, 5) is 29.9. The zero-order chi connectivity index (χ0) is 18.1. The molecule has 130 valence electrons. The Morgan fingerprint density at radius 1 is 1.04 bits per heavy atom. The summed E-state index contributed by atoms with van der Waals surface area (Å²) < 4.78 is 5.28. The fourth-order valence-electron chi connectivity index (χ4n) is 2.95. The molecule has 0 spiro atoms. The average molecular weight is 367 g/mol. The van der Waals surface area contributed by atoms with E-state index in [2.05, 4.69) is 4.99 Å². The van der Waals surface area contributed by atoms with Crippen LogP contribution in [0.5, 0.6) is 0 Å². The first-order valence-corrected chi connectivity index (χ1v) is 8.67. The van der Waals surface area contributed by atoms with Crippen LogP contribution in [-0.4, -0.2) is 24.3 Å². The highest BCUT2D eigenvalue weighted by molar-refractivity contribution is 6.30. The van der Waals surface area contributed by atoms with Crippen molar-refractivity contribution in [2.45, 2.75) is 12.8 Å². The summed E-state index contributed by atoms with van der Waals surface area (Å²) in [5, 5.41) is 0.627. The van der Waals surface area contributed by atoms with Crippen molar-refractivity contribution >= 4 is 41.1 Å². The van der Waals surface area contributed by atoms with Gasteiger partial charge in [-0.05, 0) is 54.5 Å². The number of aliphatic imine (C=N–C) groups is 1. The summed E-state index contributed by atoms with van der Waals surface area (Å²) in [6.45, 7) is 0.738. The van der Waals surface area contributed by atoms with E-state index < -0.39 is 5.97 Å². The zero-order valence-electron chi connectivity index (χ0n) is 13.8. The lowest BCUT2D eigenvalue weighted by atomic mass is 10.2. The minimum Gasteiger partial charge on any atom is -0.402 e. The number of rotatable bonds is 3. The molecule has 2 aromatic rings. The van der Waals surface area contributed by atoms with Crippen molar-refractivity contribution in [3.8, 4) is 0 Å². The van der Waals surface area contributed by atoms with Crippen LogP contribution in [0.3, 0.4) is 0 Å². The van der Waals surface area contributed by atoms with E-state index in [0.29, 0.717) is 17.0 Å². The van der Waals surface area contributed by atoms with Gasteiger partial charge in [-0.3, -0.25) is 4.79 Å². The number of carbonyl (C=O) groups excluding carboxylic acids is 2. The molecular formula is C20H15ClN2O3. The highest BCUT2D eigenvalue weighted by Gasteiger charge is 2.25. The normalized spacial score (nSPS) is 18.4. The van der Waals surface area contributed by atoms with Crippen LogP contribution in [0.25, 0.3) is 6.08 Å². The maximum atomic E-state index is 12.1. The zero-order valence-corrected chi connectivity index (χ0v) is 14.6. The van der Waals surface area contributed by atoms with E-state index >= 15 is 0 Å². The van der Waals surface area contributed by atoms with E-state index in [1.807, 2.05) is 12.1 Å². The van der Waals surface area contributed by atoms with Crippen molar-refractivity contribution in [3.05, 3.63) is 70.4 Å². The van der Waals surface area contributed by atoms with Crippen molar-refractivity contribution in [2.75, 3.05) is 11.4 Å². The fraction of sp³-hybridized carbons (Fsp3) is 0.150. The SMILES string of the molecule is O=C1OC(c2ccc(N3CCCC3=O)cc2)=N/C1=C/c1ccc(Cl)cc1. The third-order valence-electron chi connectivity index (χ3n) is 4.29. The number of esters is 1. The van der Waals surface area contributed by atoms with Gasteiger partial charge in [0.15, 0.2) is 5.70 Å². The second kappa shape index (κ2) is 6.77. The summed E-state index contributed by atoms with van der Waals surface area (Å²) in [6.07, 6.45) is 3.12. The molecule has 0 aliphatic carbocycles. The van der Waals surface area contributed by atoms with Crippen molar-refractivity contribution in [2.24, 2.45) is 4.99 Å². The first-order chi connectivity index (χ1) is 12.6. The minimum atomic E-state index is -0.492. The predicted octanol–water partition coefficient (Wildman–Crippen LogP) is 3.81. The number of benzene rings is 2. The molecule has 1 fully saturated rings. The Morgan fingerprint density at radius 3 is 2.42 bits per heavy atom. The van der Waals surface area contributed by atoms with Crippen molar-refractivity contribution in [1.82, 2.24) is 0 Å². The van der Waals surface area contributed by atoms with Crippen LogP contribution in [0.2, 0.25) is 5.02 Å². The topological polar surface area (TPSA) is 59.0 Å². The molecule has 1 saturated heterocycles. The van der Waals surface area contributed by atoms with Gasteiger partial charge in [0.1, 0.15) is 0 Å². The summed E-state index contributed by atoms with van der Waals surface area (Å²) in [7, 11) is 0. The van der Waals surface area contributed by atoms with E-state index in [1.165, 1.54) is 0 Å². The Labute approximate surface area is 155 Å². The second-order valence-electron chi connectivity index (χ2n) is 6.08. The summed E-state index contributed by atoms with van der Waals surface area (Å²) in [5.74, 6) is -0.0983. The van der Waals surface area contributed by atoms with Gasteiger partial charge in [0, 0.05) is 29.2 Å². The monoisotopic (exact) mass is 366 g/mol. The molecule has 0 N–H and O–H groups in total. The first-order valence-electron chi connectivity index (χ1n) is 8.29. The maximum absolute atomic E-state index is 12.1. The van der Waals surface area contributed by atoms with Crippen LogP contribution in [0.4, 0.5) is 5.69 Å². The van der Waals surface area contributed by atoms with Gasteiger partial charge in [-0.2, -0.15) is 0 Å². The molecule has 2 aromatic carbocycles. The van der Waals surface area contributed by atoms with Gasteiger partial charge >= 0.3 is 5.97 Å². The van der Waals surface area contributed by atoms with Crippen LogP contribution in [0.1, 0.15) is 24.0 Å². The van der Waals surface area contributed by atoms with E-state index in [4.69, 9.17) is 16.3 Å². The van der Waals surface area contributed by atoms with Gasteiger partial charge in [-0.1, -0.05) is 23.7 Å². The number of anilines is 1. The third kappa shape index (κ3) is 3.26. The number of hydrogen-bond acceptors (Lipinski definition) is 4. The molecule has 0 saturated carbocycles. The van der Waals surface area contributed by atoms with Crippen molar-refractivity contribution in [3.63, 3.8) is 0 Å². The molecule has 2 heterocycles. The highest BCUT2D eigenvalue weighted by Crippen LogP contribution is 2.24. The molecule has 1 amide bonds. The number of halogens is 1. The first kappa shape index (κ1) is 16.5. The minimum absolute atomic E-state index is 0.135. The highest BCUT2D eigenvalue weighted by atomic mass is 35.5.